The van der Waals surface area contributed by atoms with Crippen LogP contribution in [-0.4, -0.2) is 11.6 Å². The zero-order valence-electron chi connectivity index (χ0n) is 7.84. The number of primary amides is 1. The van der Waals surface area contributed by atoms with Gasteiger partial charge in [-0.15, -0.1) is 0 Å². The van der Waals surface area contributed by atoms with E-state index in [2.05, 4.69) is 0 Å². The van der Waals surface area contributed by atoms with E-state index in [1.165, 1.54) is 0 Å². The zero-order valence-corrected chi connectivity index (χ0v) is 7.84. The van der Waals surface area contributed by atoms with Crippen LogP contribution in [0, 0.1) is 5.41 Å². The number of carbonyl (C=O) groups is 1. The molecule has 0 aromatic heterocycles. The molecule has 1 aromatic rings. The van der Waals surface area contributed by atoms with E-state index in [9.17, 15) is 4.79 Å². The van der Waals surface area contributed by atoms with E-state index in [1.54, 1.807) is 6.07 Å². The summed E-state index contributed by atoms with van der Waals surface area (Å²) >= 11 is 0. The summed E-state index contributed by atoms with van der Waals surface area (Å²) in [5.74, 6) is -0.381. The summed E-state index contributed by atoms with van der Waals surface area (Å²) in [6.45, 7) is 0. The molecule has 0 saturated carbocycles. The molecular formula is C11H12N2O. The Kier molecular flexibility index (Phi) is 2.08. The van der Waals surface area contributed by atoms with Crippen LogP contribution in [0.4, 0.5) is 0 Å². The lowest BCUT2D eigenvalue weighted by atomic mass is 9.89. The van der Waals surface area contributed by atoms with E-state index in [0.717, 1.165) is 29.7 Å². The maximum atomic E-state index is 10.9. The Bertz CT molecular complexity index is 410. The van der Waals surface area contributed by atoms with E-state index >= 15 is 0 Å². The Labute approximate surface area is 82.4 Å². The van der Waals surface area contributed by atoms with Gasteiger partial charge < -0.3 is 11.1 Å². The highest BCUT2D eigenvalue weighted by Crippen LogP contribution is 2.20. The SMILES string of the molecule is N=C1CCc2cc(C(N)=O)ccc2C1. The Morgan fingerprint density at radius 1 is 1.29 bits per heavy atom. The van der Waals surface area contributed by atoms with Crippen LogP contribution in [-0.2, 0) is 12.8 Å². The van der Waals surface area contributed by atoms with Crippen molar-refractivity contribution in [3.63, 3.8) is 0 Å². The second-order valence-corrected chi connectivity index (χ2v) is 3.63. The number of fused-ring (bicyclic) bond motifs is 1. The van der Waals surface area contributed by atoms with Crippen molar-refractivity contribution in [2.24, 2.45) is 5.73 Å². The molecule has 0 heterocycles. The molecule has 2 rings (SSSR count). The van der Waals surface area contributed by atoms with Crippen LogP contribution in [0.15, 0.2) is 18.2 Å². The fraction of sp³-hybridized carbons (Fsp3) is 0.273. The lowest BCUT2D eigenvalue weighted by molar-refractivity contribution is 0.1000. The molecule has 0 fully saturated rings. The Morgan fingerprint density at radius 3 is 2.79 bits per heavy atom. The number of nitrogens with two attached hydrogens (primary N) is 1. The van der Waals surface area contributed by atoms with Crippen molar-refractivity contribution in [2.45, 2.75) is 19.3 Å². The van der Waals surface area contributed by atoms with Gasteiger partial charge in [0, 0.05) is 17.7 Å². The van der Waals surface area contributed by atoms with Crippen LogP contribution in [0.5, 0.6) is 0 Å². The van der Waals surface area contributed by atoms with Gasteiger partial charge in [-0.25, -0.2) is 0 Å². The number of aryl methyl sites for hydroxylation is 1. The molecule has 1 aromatic carbocycles. The molecule has 0 spiro atoms. The highest BCUT2D eigenvalue weighted by atomic mass is 16.1. The third-order valence-electron chi connectivity index (χ3n) is 2.59. The second-order valence-electron chi connectivity index (χ2n) is 3.63. The van der Waals surface area contributed by atoms with Gasteiger partial charge in [-0.05, 0) is 36.1 Å². The molecule has 3 nitrogen and oxygen atoms in total. The van der Waals surface area contributed by atoms with E-state index < -0.39 is 0 Å². The summed E-state index contributed by atoms with van der Waals surface area (Å²) in [5, 5.41) is 7.57. The summed E-state index contributed by atoms with van der Waals surface area (Å²) in [4.78, 5) is 10.9. The Morgan fingerprint density at radius 2 is 2.07 bits per heavy atom. The molecule has 0 aliphatic heterocycles. The monoisotopic (exact) mass is 188 g/mol. The molecule has 14 heavy (non-hydrogen) atoms. The van der Waals surface area contributed by atoms with Crippen molar-refractivity contribution in [1.29, 1.82) is 5.41 Å². The highest BCUT2D eigenvalue weighted by molar-refractivity contribution is 5.93. The molecule has 3 heteroatoms. The van der Waals surface area contributed by atoms with Crippen LogP contribution >= 0.6 is 0 Å². The Balaban J connectivity index is 2.41. The van der Waals surface area contributed by atoms with Crippen LogP contribution in [0.1, 0.15) is 27.9 Å². The third kappa shape index (κ3) is 1.53. The minimum absolute atomic E-state index is 0.381. The van der Waals surface area contributed by atoms with Crippen molar-refractivity contribution >= 4 is 11.6 Å². The summed E-state index contributed by atoms with van der Waals surface area (Å²) in [6.07, 6.45) is 2.37. The van der Waals surface area contributed by atoms with Crippen LogP contribution in [0.25, 0.3) is 0 Å². The Hall–Kier alpha value is -1.64. The van der Waals surface area contributed by atoms with Gasteiger partial charge in [0.2, 0.25) is 5.91 Å². The van der Waals surface area contributed by atoms with Gasteiger partial charge in [-0.2, -0.15) is 0 Å². The molecule has 3 N–H and O–H groups in total. The molecule has 0 bridgehead atoms. The molecule has 0 saturated heterocycles. The summed E-state index contributed by atoms with van der Waals surface area (Å²) in [5.41, 5.74) is 8.85. The van der Waals surface area contributed by atoms with Gasteiger partial charge in [0.1, 0.15) is 0 Å². The van der Waals surface area contributed by atoms with Gasteiger partial charge in [0.05, 0.1) is 0 Å². The quantitative estimate of drug-likeness (QED) is 0.685. The average molecular weight is 188 g/mol. The number of hydrogen-bond donors (Lipinski definition) is 2. The molecule has 0 radical (unpaired) electrons. The van der Waals surface area contributed by atoms with Crippen molar-refractivity contribution in [1.82, 2.24) is 0 Å². The zero-order chi connectivity index (χ0) is 10.1. The summed E-state index contributed by atoms with van der Waals surface area (Å²) < 4.78 is 0. The van der Waals surface area contributed by atoms with E-state index in [1.807, 2.05) is 12.1 Å². The molecule has 72 valence electrons. The summed E-state index contributed by atoms with van der Waals surface area (Å²) in [7, 11) is 0. The fourth-order valence-electron chi connectivity index (χ4n) is 1.79. The number of carbonyl (C=O) groups excluding carboxylic acids is 1. The van der Waals surface area contributed by atoms with Crippen LogP contribution in [0.2, 0.25) is 0 Å². The van der Waals surface area contributed by atoms with E-state index in [0.29, 0.717) is 12.0 Å². The lowest BCUT2D eigenvalue weighted by Crippen LogP contribution is -2.16. The van der Waals surface area contributed by atoms with Gasteiger partial charge in [0.25, 0.3) is 0 Å². The average Bonchev–Trinajstić information content (AvgIpc) is 2.16. The topological polar surface area (TPSA) is 66.9 Å². The molecule has 1 amide bonds. The molecule has 1 aliphatic rings. The number of benzene rings is 1. The van der Waals surface area contributed by atoms with Gasteiger partial charge in [-0.1, -0.05) is 6.07 Å². The van der Waals surface area contributed by atoms with E-state index in [4.69, 9.17) is 11.1 Å². The molecule has 1 aliphatic carbocycles. The number of amides is 1. The van der Waals surface area contributed by atoms with Crippen molar-refractivity contribution < 1.29 is 4.79 Å². The largest absolute Gasteiger partial charge is 0.366 e. The first-order valence-corrected chi connectivity index (χ1v) is 4.65. The molecular weight excluding hydrogens is 176 g/mol. The minimum atomic E-state index is -0.381. The van der Waals surface area contributed by atoms with Gasteiger partial charge >= 0.3 is 0 Å². The number of nitrogens with one attached hydrogen (secondary N) is 1. The minimum Gasteiger partial charge on any atom is -0.366 e. The first-order valence-electron chi connectivity index (χ1n) is 4.65. The van der Waals surface area contributed by atoms with Crippen LogP contribution < -0.4 is 5.73 Å². The third-order valence-corrected chi connectivity index (χ3v) is 2.59. The first kappa shape index (κ1) is 8.94. The van der Waals surface area contributed by atoms with Crippen molar-refractivity contribution in [3.05, 3.63) is 34.9 Å². The molecule has 0 atom stereocenters. The maximum Gasteiger partial charge on any atom is 0.248 e. The number of rotatable bonds is 1. The first-order chi connectivity index (χ1) is 6.66. The van der Waals surface area contributed by atoms with Gasteiger partial charge in [-0.3, -0.25) is 4.79 Å². The standard InChI is InChI=1S/C11H12N2O/c12-10-4-3-7-5-9(11(13)14)2-1-8(7)6-10/h1-2,5,12H,3-4,6H2,(H2,13,14). The van der Waals surface area contributed by atoms with E-state index in [-0.39, 0.29) is 5.91 Å². The van der Waals surface area contributed by atoms with Crippen LogP contribution in [0.3, 0.4) is 0 Å². The highest BCUT2D eigenvalue weighted by Gasteiger charge is 2.14. The van der Waals surface area contributed by atoms with Crippen molar-refractivity contribution in [2.75, 3.05) is 0 Å². The second kappa shape index (κ2) is 3.25. The predicted octanol–water partition coefficient (Wildman–Crippen LogP) is 1.29. The van der Waals surface area contributed by atoms with Gasteiger partial charge in [0.15, 0.2) is 0 Å². The van der Waals surface area contributed by atoms with Crippen molar-refractivity contribution in [3.8, 4) is 0 Å². The smallest absolute Gasteiger partial charge is 0.248 e. The lowest BCUT2D eigenvalue weighted by Gasteiger charge is -2.16. The fourth-order valence-corrected chi connectivity index (χ4v) is 1.79. The number of hydrogen-bond acceptors (Lipinski definition) is 2. The summed E-state index contributed by atoms with van der Waals surface area (Å²) in [6, 6.07) is 5.49. The molecule has 0 unspecified atom stereocenters. The maximum absolute atomic E-state index is 10.9. The predicted molar refractivity (Wildman–Crippen MR) is 54.7 cm³/mol. The normalized spacial score (nSPS) is 15.0.